The van der Waals surface area contributed by atoms with Crippen molar-refractivity contribution in [3.63, 3.8) is 0 Å². The molecule has 8 heteroatoms. The Balaban J connectivity index is 1.56. The first-order valence-electron chi connectivity index (χ1n) is 9.02. The third kappa shape index (κ3) is 4.89. The molecule has 2 aromatic rings. The van der Waals surface area contributed by atoms with Gasteiger partial charge in [0.1, 0.15) is 6.33 Å². The fraction of sp³-hybridized carbons (Fsp3) is 0.444. The molecule has 8 nitrogen and oxygen atoms in total. The van der Waals surface area contributed by atoms with E-state index in [9.17, 15) is 4.79 Å². The van der Waals surface area contributed by atoms with Crippen LogP contribution < -0.4 is 20.9 Å². The summed E-state index contributed by atoms with van der Waals surface area (Å²) in [7, 11) is 0. The Morgan fingerprint density at radius 3 is 2.81 bits per heavy atom. The molecule has 3 N–H and O–H groups in total. The second kappa shape index (κ2) is 9.10. The van der Waals surface area contributed by atoms with Gasteiger partial charge in [-0.25, -0.2) is 9.97 Å². The number of aromatic nitrogens is 3. The van der Waals surface area contributed by atoms with Crippen LogP contribution in [0.15, 0.2) is 36.7 Å². The zero-order valence-corrected chi connectivity index (χ0v) is 15.0. The second-order valence-electron chi connectivity index (χ2n) is 6.15. The van der Waals surface area contributed by atoms with Crippen molar-refractivity contribution in [2.75, 3.05) is 41.7 Å². The molecule has 1 aliphatic heterocycles. The number of anilines is 3. The molecule has 1 atom stereocenters. The summed E-state index contributed by atoms with van der Waals surface area (Å²) in [6.45, 7) is 4.63. The first-order chi connectivity index (χ1) is 12.8. The minimum absolute atomic E-state index is 0.0369. The molecule has 1 aliphatic rings. The van der Waals surface area contributed by atoms with Gasteiger partial charge in [-0.2, -0.15) is 4.98 Å². The number of carbonyl (C=O) groups excluding carboxylic acids is 1. The number of rotatable bonds is 7. The molecule has 0 aliphatic carbocycles. The lowest BCUT2D eigenvalue weighted by atomic mass is 10.1. The predicted octanol–water partition coefficient (Wildman–Crippen LogP) is 1.50. The van der Waals surface area contributed by atoms with Gasteiger partial charge in [0.2, 0.25) is 17.8 Å². The van der Waals surface area contributed by atoms with Crippen LogP contribution in [-0.4, -0.2) is 53.1 Å². The van der Waals surface area contributed by atoms with E-state index in [-0.39, 0.29) is 12.5 Å². The third-order valence-electron chi connectivity index (χ3n) is 4.28. The standard InChI is InChI=1S/C18H25N7O/c1-2-25(15-8-4-3-5-9-15)16(26)12-20-17-21-13-22-18(24-17)23-14-7-6-10-19-11-14/h3-5,8-9,13-14,19H,2,6-7,10-12H2,1H3,(H2,20,21,22,23,24). The van der Waals surface area contributed by atoms with E-state index in [1.165, 1.54) is 6.33 Å². The molecule has 138 valence electrons. The molecule has 0 bridgehead atoms. The minimum atomic E-state index is -0.0369. The summed E-state index contributed by atoms with van der Waals surface area (Å²) < 4.78 is 0. The summed E-state index contributed by atoms with van der Waals surface area (Å²) in [5.41, 5.74) is 0.879. The van der Waals surface area contributed by atoms with Gasteiger partial charge in [0, 0.05) is 24.8 Å². The number of amides is 1. The molecule has 1 aromatic carbocycles. The topological polar surface area (TPSA) is 95.1 Å². The number of benzene rings is 1. The minimum Gasteiger partial charge on any atom is -0.350 e. The SMILES string of the molecule is CCN(C(=O)CNc1ncnc(NC2CCCNC2)n1)c1ccccc1. The van der Waals surface area contributed by atoms with Gasteiger partial charge in [0.15, 0.2) is 0 Å². The van der Waals surface area contributed by atoms with Crippen molar-refractivity contribution in [2.24, 2.45) is 0 Å². The maximum absolute atomic E-state index is 12.5. The van der Waals surface area contributed by atoms with Gasteiger partial charge in [-0.15, -0.1) is 0 Å². The van der Waals surface area contributed by atoms with E-state index < -0.39 is 0 Å². The normalized spacial score (nSPS) is 16.7. The number of hydrogen-bond donors (Lipinski definition) is 3. The fourth-order valence-electron chi connectivity index (χ4n) is 2.97. The maximum Gasteiger partial charge on any atom is 0.246 e. The summed E-state index contributed by atoms with van der Waals surface area (Å²) in [6.07, 6.45) is 3.67. The molecular weight excluding hydrogens is 330 g/mol. The van der Waals surface area contributed by atoms with Crippen molar-refractivity contribution in [3.05, 3.63) is 36.7 Å². The van der Waals surface area contributed by atoms with Crippen molar-refractivity contribution in [1.82, 2.24) is 20.3 Å². The van der Waals surface area contributed by atoms with E-state index in [0.717, 1.165) is 31.6 Å². The number of nitrogens with one attached hydrogen (secondary N) is 3. The molecular formula is C18H25N7O. The zero-order valence-electron chi connectivity index (χ0n) is 15.0. The summed E-state index contributed by atoms with van der Waals surface area (Å²) >= 11 is 0. The molecule has 2 heterocycles. The molecule has 1 amide bonds. The quantitative estimate of drug-likeness (QED) is 0.693. The third-order valence-corrected chi connectivity index (χ3v) is 4.28. The van der Waals surface area contributed by atoms with Crippen LogP contribution in [0, 0.1) is 0 Å². The van der Waals surface area contributed by atoms with Crippen LogP contribution in [0.25, 0.3) is 0 Å². The highest BCUT2D eigenvalue weighted by Gasteiger charge is 2.15. The van der Waals surface area contributed by atoms with Gasteiger partial charge < -0.3 is 20.9 Å². The first-order valence-corrected chi connectivity index (χ1v) is 9.02. The van der Waals surface area contributed by atoms with Gasteiger partial charge in [-0.05, 0) is 38.4 Å². The van der Waals surface area contributed by atoms with Gasteiger partial charge in [-0.3, -0.25) is 4.79 Å². The van der Waals surface area contributed by atoms with Crippen LogP contribution in [0.4, 0.5) is 17.6 Å². The number of hydrogen-bond acceptors (Lipinski definition) is 7. The van der Waals surface area contributed by atoms with Crippen LogP contribution in [0.2, 0.25) is 0 Å². The molecule has 3 rings (SSSR count). The van der Waals surface area contributed by atoms with E-state index in [1.807, 2.05) is 37.3 Å². The number of nitrogens with zero attached hydrogens (tertiary/aromatic N) is 4. The predicted molar refractivity (Wildman–Crippen MR) is 102 cm³/mol. The number of para-hydroxylation sites is 1. The van der Waals surface area contributed by atoms with Gasteiger partial charge >= 0.3 is 0 Å². The lowest BCUT2D eigenvalue weighted by Gasteiger charge is -2.23. The van der Waals surface area contributed by atoms with E-state index in [0.29, 0.717) is 24.5 Å². The Morgan fingerprint density at radius 1 is 1.27 bits per heavy atom. The van der Waals surface area contributed by atoms with Gasteiger partial charge in [0.25, 0.3) is 0 Å². The molecule has 1 fully saturated rings. The lowest BCUT2D eigenvalue weighted by Crippen LogP contribution is -2.39. The molecule has 1 saturated heterocycles. The monoisotopic (exact) mass is 355 g/mol. The molecule has 1 aromatic heterocycles. The average molecular weight is 355 g/mol. The Labute approximate surface area is 153 Å². The van der Waals surface area contributed by atoms with Crippen LogP contribution in [0.3, 0.4) is 0 Å². The van der Waals surface area contributed by atoms with Crippen molar-refractivity contribution in [3.8, 4) is 0 Å². The summed E-state index contributed by atoms with van der Waals surface area (Å²) in [6, 6.07) is 9.93. The number of carbonyl (C=O) groups is 1. The maximum atomic E-state index is 12.5. The van der Waals surface area contributed by atoms with Crippen LogP contribution in [0.1, 0.15) is 19.8 Å². The molecule has 26 heavy (non-hydrogen) atoms. The Morgan fingerprint density at radius 2 is 2.08 bits per heavy atom. The first kappa shape index (κ1) is 18.1. The van der Waals surface area contributed by atoms with Crippen LogP contribution in [0.5, 0.6) is 0 Å². The lowest BCUT2D eigenvalue weighted by molar-refractivity contribution is -0.116. The second-order valence-corrected chi connectivity index (χ2v) is 6.15. The van der Waals surface area contributed by atoms with Crippen LogP contribution in [-0.2, 0) is 4.79 Å². The van der Waals surface area contributed by atoms with Gasteiger partial charge in [0.05, 0.1) is 6.54 Å². The van der Waals surface area contributed by atoms with Crippen molar-refractivity contribution in [2.45, 2.75) is 25.8 Å². The summed E-state index contributed by atoms with van der Waals surface area (Å²) in [5, 5.41) is 9.65. The molecule has 0 radical (unpaired) electrons. The average Bonchev–Trinajstić information content (AvgIpc) is 2.69. The molecule has 0 saturated carbocycles. The summed E-state index contributed by atoms with van der Waals surface area (Å²) in [4.78, 5) is 26.9. The molecule has 0 spiro atoms. The van der Waals surface area contributed by atoms with E-state index in [1.54, 1.807) is 4.90 Å². The van der Waals surface area contributed by atoms with E-state index in [2.05, 4.69) is 30.9 Å². The van der Waals surface area contributed by atoms with E-state index in [4.69, 9.17) is 0 Å². The van der Waals surface area contributed by atoms with Crippen molar-refractivity contribution < 1.29 is 4.79 Å². The Bertz CT molecular complexity index is 704. The zero-order chi connectivity index (χ0) is 18.2. The Kier molecular flexibility index (Phi) is 6.32. The van der Waals surface area contributed by atoms with E-state index >= 15 is 0 Å². The smallest absolute Gasteiger partial charge is 0.246 e. The van der Waals surface area contributed by atoms with Crippen molar-refractivity contribution in [1.29, 1.82) is 0 Å². The number of likely N-dealkylation sites (N-methyl/N-ethyl adjacent to an activating group) is 1. The highest BCUT2D eigenvalue weighted by atomic mass is 16.2. The number of piperidine rings is 1. The largest absolute Gasteiger partial charge is 0.350 e. The highest BCUT2D eigenvalue weighted by molar-refractivity contribution is 5.95. The van der Waals surface area contributed by atoms with Crippen LogP contribution >= 0.6 is 0 Å². The van der Waals surface area contributed by atoms with Crippen molar-refractivity contribution >= 4 is 23.5 Å². The highest BCUT2D eigenvalue weighted by Crippen LogP contribution is 2.13. The molecule has 1 unspecified atom stereocenters. The van der Waals surface area contributed by atoms with Gasteiger partial charge in [-0.1, -0.05) is 18.2 Å². The Hall–Kier alpha value is -2.74. The summed E-state index contributed by atoms with van der Waals surface area (Å²) in [5.74, 6) is 0.882. The fourth-order valence-corrected chi connectivity index (χ4v) is 2.97.